The van der Waals surface area contributed by atoms with E-state index in [-0.39, 0.29) is 23.6 Å². The highest BCUT2D eigenvalue weighted by Gasteiger charge is 2.31. The molecule has 6 heteroatoms. The average Bonchev–Trinajstić information content (AvgIpc) is 2.71. The molecule has 1 aliphatic rings. The molecule has 30 heavy (non-hydrogen) atoms. The molecule has 2 aromatic carbocycles. The van der Waals surface area contributed by atoms with Crippen LogP contribution in [0.15, 0.2) is 42.5 Å². The summed E-state index contributed by atoms with van der Waals surface area (Å²) in [6.07, 6.45) is 1.11. The first kappa shape index (κ1) is 22.5. The first-order valence-corrected chi connectivity index (χ1v) is 12.2. The number of nitrogens with zero attached hydrogens (tertiary/aromatic N) is 1. The molecule has 0 aromatic heterocycles. The van der Waals surface area contributed by atoms with Crippen LogP contribution in [0.2, 0.25) is 0 Å². The van der Waals surface area contributed by atoms with Gasteiger partial charge in [-0.3, -0.25) is 4.79 Å². The maximum absolute atomic E-state index is 12.8. The van der Waals surface area contributed by atoms with Crippen LogP contribution in [0, 0.1) is 26.7 Å². The summed E-state index contributed by atoms with van der Waals surface area (Å²) in [5, 5.41) is 3.11. The van der Waals surface area contributed by atoms with Crippen molar-refractivity contribution in [3.8, 4) is 0 Å². The van der Waals surface area contributed by atoms with Crippen LogP contribution in [0.3, 0.4) is 0 Å². The van der Waals surface area contributed by atoms with Crippen molar-refractivity contribution in [1.82, 2.24) is 9.62 Å². The van der Waals surface area contributed by atoms with Gasteiger partial charge in [0.1, 0.15) is 0 Å². The summed E-state index contributed by atoms with van der Waals surface area (Å²) in [5.74, 6) is -0.124. The van der Waals surface area contributed by atoms with E-state index in [2.05, 4.69) is 31.3 Å². The highest BCUT2D eigenvalue weighted by Crippen LogP contribution is 2.24. The van der Waals surface area contributed by atoms with Gasteiger partial charge in [-0.15, -0.1) is 0 Å². The van der Waals surface area contributed by atoms with Gasteiger partial charge in [0, 0.05) is 19.0 Å². The van der Waals surface area contributed by atoms with E-state index < -0.39 is 10.0 Å². The molecule has 5 nitrogen and oxygen atoms in total. The van der Waals surface area contributed by atoms with Crippen molar-refractivity contribution in [2.75, 3.05) is 13.1 Å². The summed E-state index contributed by atoms with van der Waals surface area (Å²) in [6.45, 7) is 8.85. The molecular weight excluding hydrogens is 396 g/mol. The van der Waals surface area contributed by atoms with Crippen molar-refractivity contribution in [2.45, 2.75) is 52.3 Å². The first-order chi connectivity index (χ1) is 14.2. The number of piperidine rings is 1. The lowest BCUT2D eigenvalue weighted by atomic mass is 9.96. The van der Waals surface area contributed by atoms with Crippen molar-refractivity contribution >= 4 is 15.9 Å². The van der Waals surface area contributed by atoms with E-state index >= 15 is 0 Å². The van der Waals surface area contributed by atoms with Gasteiger partial charge in [-0.1, -0.05) is 42.5 Å². The highest BCUT2D eigenvalue weighted by molar-refractivity contribution is 7.88. The zero-order valence-corrected chi connectivity index (χ0v) is 19.1. The molecule has 0 saturated carbocycles. The molecule has 1 heterocycles. The topological polar surface area (TPSA) is 66.5 Å². The molecule has 1 unspecified atom stereocenters. The van der Waals surface area contributed by atoms with Crippen LogP contribution >= 0.6 is 0 Å². The SMILES string of the molecule is Cc1ccc(C(C)NC(=O)C2CCN(S(=O)(=O)Cc3ccccc3C)CC2)cc1C. The normalized spacial score (nSPS) is 16.9. The van der Waals surface area contributed by atoms with Crippen molar-refractivity contribution in [1.29, 1.82) is 0 Å². The number of carbonyl (C=O) groups is 1. The predicted octanol–water partition coefficient (Wildman–Crippen LogP) is 4.03. The third-order valence-corrected chi connectivity index (χ3v) is 8.03. The molecular formula is C24H32N2O3S. The summed E-state index contributed by atoms with van der Waals surface area (Å²) < 4.78 is 27.2. The molecule has 1 N–H and O–H groups in total. The molecule has 1 atom stereocenters. The minimum atomic E-state index is -3.38. The number of carbonyl (C=O) groups excluding carboxylic acids is 1. The van der Waals surface area contributed by atoms with Gasteiger partial charge in [-0.05, 0) is 68.4 Å². The van der Waals surface area contributed by atoms with Crippen LogP contribution in [-0.4, -0.2) is 31.7 Å². The van der Waals surface area contributed by atoms with Crippen LogP contribution in [0.25, 0.3) is 0 Å². The van der Waals surface area contributed by atoms with E-state index in [1.165, 1.54) is 15.4 Å². The Morgan fingerprint density at radius 1 is 1.03 bits per heavy atom. The van der Waals surface area contributed by atoms with Crippen molar-refractivity contribution < 1.29 is 13.2 Å². The quantitative estimate of drug-likeness (QED) is 0.755. The monoisotopic (exact) mass is 428 g/mol. The number of hydrogen-bond donors (Lipinski definition) is 1. The number of amides is 1. The van der Waals surface area contributed by atoms with Gasteiger partial charge in [0.25, 0.3) is 0 Å². The molecule has 0 radical (unpaired) electrons. The Kier molecular flexibility index (Phi) is 6.98. The van der Waals surface area contributed by atoms with Gasteiger partial charge in [-0.25, -0.2) is 12.7 Å². The van der Waals surface area contributed by atoms with Gasteiger partial charge in [-0.2, -0.15) is 0 Å². The Labute approximate surface area is 180 Å². The van der Waals surface area contributed by atoms with Gasteiger partial charge in [0.05, 0.1) is 11.8 Å². The van der Waals surface area contributed by atoms with E-state index in [0.29, 0.717) is 25.9 Å². The maximum atomic E-state index is 12.8. The number of hydrogen-bond acceptors (Lipinski definition) is 3. The fourth-order valence-electron chi connectivity index (χ4n) is 3.90. The Balaban J connectivity index is 1.56. The Morgan fingerprint density at radius 2 is 1.70 bits per heavy atom. The average molecular weight is 429 g/mol. The van der Waals surface area contributed by atoms with E-state index in [0.717, 1.165) is 16.7 Å². The third kappa shape index (κ3) is 5.29. The lowest BCUT2D eigenvalue weighted by molar-refractivity contribution is -0.126. The second kappa shape index (κ2) is 9.31. The largest absolute Gasteiger partial charge is 0.349 e. The smallest absolute Gasteiger partial charge is 0.223 e. The molecule has 1 saturated heterocycles. The molecule has 0 aliphatic carbocycles. The van der Waals surface area contributed by atoms with Gasteiger partial charge < -0.3 is 5.32 Å². The van der Waals surface area contributed by atoms with E-state index in [4.69, 9.17) is 0 Å². The van der Waals surface area contributed by atoms with Gasteiger partial charge in [0.15, 0.2) is 0 Å². The summed E-state index contributed by atoms with van der Waals surface area (Å²) in [4.78, 5) is 12.7. The first-order valence-electron chi connectivity index (χ1n) is 10.6. The minimum absolute atomic E-state index is 0.0108. The lowest BCUT2D eigenvalue weighted by Crippen LogP contribution is -2.43. The van der Waals surface area contributed by atoms with Crippen LogP contribution in [0.5, 0.6) is 0 Å². The third-order valence-electron chi connectivity index (χ3n) is 6.21. The summed E-state index contributed by atoms with van der Waals surface area (Å²) in [6, 6.07) is 13.7. The summed E-state index contributed by atoms with van der Waals surface area (Å²) in [7, 11) is -3.38. The zero-order valence-electron chi connectivity index (χ0n) is 18.3. The second-order valence-electron chi connectivity index (χ2n) is 8.43. The Bertz CT molecular complexity index is 1010. The van der Waals surface area contributed by atoms with Crippen molar-refractivity contribution in [3.63, 3.8) is 0 Å². The summed E-state index contributed by atoms with van der Waals surface area (Å²) in [5.41, 5.74) is 5.34. The fraction of sp³-hybridized carbons (Fsp3) is 0.458. The lowest BCUT2D eigenvalue weighted by Gasteiger charge is -2.31. The standard InChI is InChI=1S/C24H32N2O3S/c1-17-9-10-22(15-19(17)3)20(4)25-24(27)21-11-13-26(14-12-21)30(28,29)16-23-8-6-5-7-18(23)2/h5-10,15,20-21H,11-14,16H2,1-4H3,(H,25,27). The minimum Gasteiger partial charge on any atom is -0.349 e. The predicted molar refractivity (Wildman–Crippen MR) is 121 cm³/mol. The Hall–Kier alpha value is -2.18. The molecule has 162 valence electrons. The molecule has 1 fully saturated rings. The van der Waals surface area contributed by atoms with E-state index in [1.54, 1.807) is 0 Å². The van der Waals surface area contributed by atoms with Crippen molar-refractivity contribution in [2.24, 2.45) is 5.92 Å². The van der Waals surface area contributed by atoms with Crippen molar-refractivity contribution in [3.05, 3.63) is 70.3 Å². The number of sulfonamides is 1. The number of benzene rings is 2. The van der Waals surface area contributed by atoms with E-state index in [9.17, 15) is 13.2 Å². The second-order valence-corrected chi connectivity index (χ2v) is 10.4. The molecule has 1 aliphatic heterocycles. The van der Waals surface area contributed by atoms with Crippen LogP contribution in [0.1, 0.15) is 53.6 Å². The number of rotatable bonds is 6. The Morgan fingerprint density at radius 3 is 2.33 bits per heavy atom. The zero-order chi connectivity index (χ0) is 21.9. The van der Waals surface area contributed by atoms with Crippen LogP contribution in [-0.2, 0) is 20.6 Å². The molecule has 0 spiro atoms. The molecule has 3 rings (SSSR count). The fourth-order valence-corrected chi connectivity index (χ4v) is 5.57. The van der Waals surface area contributed by atoms with Crippen LogP contribution in [0.4, 0.5) is 0 Å². The molecule has 1 amide bonds. The van der Waals surface area contributed by atoms with Crippen LogP contribution < -0.4 is 5.32 Å². The van der Waals surface area contributed by atoms with Gasteiger partial charge >= 0.3 is 0 Å². The number of nitrogens with one attached hydrogen (secondary N) is 1. The highest BCUT2D eigenvalue weighted by atomic mass is 32.2. The van der Waals surface area contributed by atoms with E-state index in [1.807, 2.05) is 44.2 Å². The van der Waals surface area contributed by atoms with Gasteiger partial charge in [0.2, 0.25) is 15.9 Å². The number of aryl methyl sites for hydroxylation is 3. The summed E-state index contributed by atoms with van der Waals surface area (Å²) >= 11 is 0. The molecule has 2 aromatic rings. The molecule has 0 bridgehead atoms. The maximum Gasteiger partial charge on any atom is 0.223 e.